The zero-order valence-corrected chi connectivity index (χ0v) is 30.8. The monoisotopic (exact) mass is 727 g/mol. The number of aromatic nitrogens is 4. The summed E-state index contributed by atoms with van der Waals surface area (Å²) in [7, 11) is 0. The van der Waals surface area contributed by atoms with Crippen LogP contribution in [0, 0.1) is 11.3 Å². The van der Waals surface area contributed by atoms with E-state index in [1.54, 1.807) is 0 Å². The van der Waals surface area contributed by atoms with Crippen LogP contribution < -0.4 is 0 Å². The first kappa shape index (κ1) is 33.6. The summed E-state index contributed by atoms with van der Waals surface area (Å²) in [6.45, 7) is 0. The second-order valence-electron chi connectivity index (χ2n) is 14.0. The zero-order chi connectivity index (χ0) is 38.1. The van der Waals surface area contributed by atoms with Gasteiger partial charge in [-0.25, -0.2) is 15.0 Å². The first-order chi connectivity index (χ1) is 28.2. The van der Waals surface area contributed by atoms with E-state index in [9.17, 15) is 5.26 Å². The molecule has 0 saturated heterocycles. The Kier molecular flexibility index (Phi) is 8.48. The van der Waals surface area contributed by atoms with Crippen molar-refractivity contribution in [3.05, 3.63) is 206 Å². The van der Waals surface area contributed by atoms with Crippen molar-refractivity contribution in [3.63, 3.8) is 0 Å². The minimum atomic E-state index is 0.539. The van der Waals surface area contributed by atoms with Crippen LogP contribution in [0.1, 0.15) is 5.56 Å². The van der Waals surface area contributed by atoms with Crippen molar-refractivity contribution in [1.29, 1.82) is 5.26 Å². The summed E-state index contributed by atoms with van der Waals surface area (Å²) in [4.78, 5) is 15.5. The van der Waals surface area contributed by atoms with Gasteiger partial charge in [0.25, 0.3) is 0 Å². The summed E-state index contributed by atoms with van der Waals surface area (Å²) >= 11 is 0. The summed E-state index contributed by atoms with van der Waals surface area (Å²) < 4.78 is 2.29. The van der Waals surface area contributed by atoms with E-state index in [2.05, 4.69) is 144 Å². The molecule has 0 fully saturated rings. The maximum absolute atomic E-state index is 10.4. The average molecular weight is 728 g/mol. The van der Waals surface area contributed by atoms with Crippen LogP contribution in [-0.4, -0.2) is 19.5 Å². The van der Waals surface area contributed by atoms with E-state index >= 15 is 0 Å². The molecule has 2 heterocycles. The van der Waals surface area contributed by atoms with Gasteiger partial charge in [0.05, 0.1) is 22.7 Å². The lowest BCUT2D eigenvalue weighted by Crippen LogP contribution is -2.01. The summed E-state index contributed by atoms with van der Waals surface area (Å²) in [5.41, 5.74) is 12.6. The topological polar surface area (TPSA) is 67.4 Å². The van der Waals surface area contributed by atoms with Gasteiger partial charge in [0.15, 0.2) is 17.5 Å². The zero-order valence-electron chi connectivity index (χ0n) is 30.8. The molecule has 5 nitrogen and oxygen atoms in total. The van der Waals surface area contributed by atoms with E-state index in [4.69, 9.17) is 15.0 Å². The van der Waals surface area contributed by atoms with Crippen LogP contribution in [0.4, 0.5) is 0 Å². The van der Waals surface area contributed by atoms with Crippen LogP contribution in [0.3, 0.4) is 0 Å². The van der Waals surface area contributed by atoms with E-state index in [1.807, 2.05) is 66.7 Å². The van der Waals surface area contributed by atoms with Crippen LogP contribution in [0.15, 0.2) is 200 Å². The lowest BCUT2D eigenvalue weighted by atomic mass is 9.93. The smallest absolute Gasteiger partial charge is 0.164 e. The molecule has 0 bridgehead atoms. The van der Waals surface area contributed by atoms with E-state index in [0.29, 0.717) is 23.0 Å². The SMILES string of the molecule is N#Cc1ccccc1-c1cc(-c2nc(-c3ccc(-c4ccccc4)cc3)nc(-c3ccc(-c4ccccc4)cc3)n2)cc2c1c1ccccc1n2-c1ccccc1. The summed E-state index contributed by atoms with van der Waals surface area (Å²) in [6, 6.07) is 70.9. The molecule has 0 atom stereocenters. The molecular formula is C52H33N5. The average Bonchev–Trinajstić information content (AvgIpc) is 3.64. The van der Waals surface area contributed by atoms with Crippen molar-refractivity contribution in [1.82, 2.24) is 19.5 Å². The highest BCUT2D eigenvalue weighted by Gasteiger charge is 2.21. The molecule has 0 aliphatic rings. The molecule has 266 valence electrons. The number of rotatable bonds is 7. The molecule has 2 aromatic heterocycles. The van der Waals surface area contributed by atoms with Crippen molar-refractivity contribution in [3.8, 4) is 79.3 Å². The second-order valence-corrected chi connectivity index (χ2v) is 14.0. The Morgan fingerprint density at radius 2 is 0.825 bits per heavy atom. The van der Waals surface area contributed by atoms with Gasteiger partial charge in [-0.3, -0.25) is 0 Å². The highest BCUT2D eigenvalue weighted by molar-refractivity contribution is 6.17. The predicted molar refractivity (Wildman–Crippen MR) is 231 cm³/mol. The lowest BCUT2D eigenvalue weighted by Gasteiger charge is -2.14. The Morgan fingerprint density at radius 3 is 1.40 bits per heavy atom. The Morgan fingerprint density at radius 1 is 0.368 bits per heavy atom. The molecule has 8 aromatic carbocycles. The van der Waals surface area contributed by atoms with Gasteiger partial charge in [-0.15, -0.1) is 0 Å². The van der Waals surface area contributed by atoms with Gasteiger partial charge in [-0.1, -0.05) is 164 Å². The Balaban J connectivity index is 1.22. The molecular weight excluding hydrogens is 695 g/mol. The maximum atomic E-state index is 10.4. The van der Waals surface area contributed by atoms with Crippen LogP contribution in [0.2, 0.25) is 0 Å². The van der Waals surface area contributed by atoms with E-state index in [1.165, 1.54) is 0 Å². The third-order valence-electron chi connectivity index (χ3n) is 10.5. The highest BCUT2D eigenvalue weighted by Crippen LogP contribution is 2.42. The fourth-order valence-corrected chi connectivity index (χ4v) is 7.76. The Bertz CT molecular complexity index is 2990. The van der Waals surface area contributed by atoms with E-state index in [-0.39, 0.29) is 0 Å². The van der Waals surface area contributed by atoms with Gasteiger partial charge in [0.1, 0.15) is 0 Å². The molecule has 0 spiro atoms. The number of hydrogen-bond acceptors (Lipinski definition) is 4. The van der Waals surface area contributed by atoms with Crippen molar-refractivity contribution < 1.29 is 0 Å². The molecule has 0 amide bonds. The first-order valence-electron chi connectivity index (χ1n) is 18.9. The number of hydrogen-bond donors (Lipinski definition) is 0. The molecule has 10 aromatic rings. The number of nitriles is 1. The fourth-order valence-electron chi connectivity index (χ4n) is 7.76. The summed E-state index contributed by atoms with van der Waals surface area (Å²) in [5, 5.41) is 12.5. The molecule has 0 radical (unpaired) electrons. The van der Waals surface area contributed by atoms with Crippen molar-refractivity contribution in [2.75, 3.05) is 0 Å². The van der Waals surface area contributed by atoms with Crippen LogP contribution in [-0.2, 0) is 0 Å². The van der Waals surface area contributed by atoms with Gasteiger partial charge in [0, 0.05) is 38.7 Å². The molecule has 0 saturated carbocycles. The summed E-state index contributed by atoms with van der Waals surface area (Å²) in [6.07, 6.45) is 0. The number of nitrogens with zero attached hydrogens (tertiary/aromatic N) is 5. The standard InChI is InChI=1S/C52H33N5/c53-34-41-18-10-11-21-44(41)46-32-42(33-48-49(46)45-22-12-13-23-47(45)57(48)43-19-8-3-9-20-43)52-55-50(39-28-24-37(25-29-39)35-14-4-1-5-15-35)54-51(56-52)40-30-26-38(27-31-40)36-16-6-2-7-17-36/h1-33H. The van der Waals surface area contributed by atoms with E-state index < -0.39 is 0 Å². The van der Waals surface area contributed by atoms with Gasteiger partial charge in [-0.05, 0) is 64.2 Å². The van der Waals surface area contributed by atoms with Crippen LogP contribution in [0.25, 0.3) is 95.0 Å². The minimum Gasteiger partial charge on any atom is -0.309 e. The van der Waals surface area contributed by atoms with Crippen molar-refractivity contribution in [2.45, 2.75) is 0 Å². The van der Waals surface area contributed by atoms with Gasteiger partial charge in [-0.2, -0.15) is 5.26 Å². The molecule has 0 unspecified atom stereocenters. The molecule has 10 rings (SSSR count). The van der Waals surface area contributed by atoms with Crippen molar-refractivity contribution in [2.24, 2.45) is 0 Å². The molecule has 0 aliphatic carbocycles. The molecule has 0 N–H and O–H groups in total. The lowest BCUT2D eigenvalue weighted by molar-refractivity contribution is 1.07. The molecule has 57 heavy (non-hydrogen) atoms. The number of benzene rings is 8. The fraction of sp³-hybridized carbons (Fsp3) is 0. The van der Waals surface area contributed by atoms with E-state index in [0.717, 1.165) is 77.6 Å². The Hall–Kier alpha value is -7.94. The largest absolute Gasteiger partial charge is 0.309 e. The molecule has 5 heteroatoms. The van der Waals surface area contributed by atoms with Gasteiger partial charge >= 0.3 is 0 Å². The minimum absolute atomic E-state index is 0.539. The first-order valence-corrected chi connectivity index (χ1v) is 18.9. The Labute approximate surface area is 330 Å². The van der Waals surface area contributed by atoms with Gasteiger partial charge < -0.3 is 4.57 Å². The quantitative estimate of drug-likeness (QED) is 0.164. The van der Waals surface area contributed by atoms with Crippen molar-refractivity contribution >= 4 is 21.8 Å². The normalized spacial score (nSPS) is 11.1. The van der Waals surface area contributed by atoms with Gasteiger partial charge in [0.2, 0.25) is 0 Å². The maximum Gasteiger partial charge on any atom is 0.164 e. The number of fused-ring (bicyclic) bond motifs is 3. The molecule has 0 aliphatic heterocycles. The third-order valence-corrected chi connectivity index (χ3v) is 10.5. The summed E-state index contributed by atoms with van der Waals surface area (Å²) in [5.74, 6) is 1.69. The van der Waals surface area contributed by atoms with Crippen LogP contribution in [0.5, 0.6) is 0 Å². The van der Waals surface area contributed by atoms with Crippen LogP contribution >= 0.6 is 0 Å². The predicted octanol–water partition coefficient (Wildman–Crippen LogP) is 12.8. The third kappa shape index (κ3) is 6.22. The second kappa shape index (κ2) is 14.4. The number of para-hydroxylation sites is 2. The highest BCUT2D eigenvalue weighted by atomic mass is 15.0.